The van der Waals surface area contributed by atoms with Crippen LogP contribution in [0.3, 0.4) is 0 Å². The summed E-state index contributed by atoms with van der Waals surface area (Å²) >= 11 is 1.66. The third-order valence-corrected chi connectivity index (χ3v) is 4.86. The van der Waals surface area contributed by atoms with Gasteiger partial charge in [0.05, 0.1) is 6.42 Å². The molecular formula is C18H22N2OS. The summed E-state index contributed by atoms with van der Waals surface area (Å²) in [4.78, 5) is 16.9. The lowest BCUT2D eigenvalue weighted by Crippen LogP contribution is -2.35. The van der Waals surface area contributed by atoms with Gasteiger partial charge in [-0.3, -0.25) is 9.69 Å². The molecule has 1 aromatic carbocycles. The molecule has 2 heterocycles. The van der Waals surface area contributed by atoms with Gasteiger partial charge in [0, 0.05) is 32.7 Å². The summed E-state index contributed by atoms with van der Waals surface area (Å²) < 4.78 is 0. The monoisotopic (exact) mass is 314 g/mol. The predicted molar refractivity (Wildman–Crippen MR) is 90.9 cm³/mol. The molecule has 2 aromatic rings. The number of rotatable bonds is 4. The first-order valence-corrected chi connectivity index (χ1v) is 8.81. The molecule has 1 aliphatic rings. The predicted octanol–water partition coefficient (Wildman–Crippen LogP) is 3.03. The summed E-state index contributed by atoms with van der Waals surface area (Å²) in [6, 6.07) is 12.6. The van der Waals surface area contributed by atoms with E-state index in [1.807, 2.05) is 16.3 Å². The Morgan fingerprint density at radius 3 is 2.64 bits per heavy atom. The Labute approximate surface area is 136 Å². The van der Waals surface area contributed by atoms with Gasteiger partial charge in [-0.15, -0.1) is 0 Å². The first kappa shape index (κ1) is 15.3. The Hall–Kier alpha value is -1.65. The van der Waals surface area contributed by atoms with E-state index >= 15 is 0 Å². The van der Waals surface area contributed by atoms with Crippen LogP contribution < -0.4 is 0 Å². The number of thiophene rings is 1. The Kier molecular flexibility index (Phi) is 5.24. The maximum Gasteiger partial charge on any atom is 0.227 e. The van der Waals surface area contributed by atoms with Crippen LogP contribution in [0.1, 0.15) is 17.5 Å². The van der Waals surface area contributed by atoms with Gasteiger partial charge in [0.1, 0.15) is 0 Å². The van der Waals surface area contributed by atoms with Crippen LogP contribution in [0.4, 0.5) is 0 Å². The van der Waals surface area contributed by atoms with Crippen molar-refractivity contribution in [2.75, 3.05) is 26.2 Å². The fraction of sp³-hybridized carbons (Fsp3) is 0.389. The molecule has 0 unspecified atom stereocenters. The molecule has 0 saturated carbocycles. The number of hydrogen-bond acceptors (Lipinski definition) is 3. The fourth-order valence-electron chi connectivity index (χ4n) is 2.90. The van der Waals surface area contributed by atoms with E-state index in [0.29, 0.717) is 6.42 Å². The Morgan fingerprint density at radius 2 is 1.86 bits per heavy atom. The molecule has 116 valence electrons. The lowest BCUT2D eigenvalue weighted by Gasteiger charge is -2.22. The van der Waals surface area contributed by atoms with E-state index in [-0.39, 0.29) is 5.91 Å². The zero-order valence-electron chi connectivity index (χ0n) is 12.8. The third kappa shape index (κ3) is 4.18. The molecule has 0 radical (unpaired) electrons. The first-order valence-electron chi connectivity index (χ1n) is 7.86. The average molecular weight is 314 g/mol. The maximum absolute atomic E-state index is 12.4. The van der Waals surface area contributed by atoms with E-state index < -0.39 is 0 Å². The Morgan fingerprint density at radius 1 is 1.00 bits per heavy atom. The standard InChI is InChI=1S/C18H22N2OS/c21-18(13-17-7-12-22-15-17)20-9-4-8-19(10-11-20)14-16-5-2-1-3-6-16/h1-3,5-7,12,15H,4,8-11,13-14H2. The van der Waals surface area contributed by atoms with E-state index in [2.05, 4.69) is 40.6 Å². The minimum atomic E-state index is 0.264. The highest BCUT2D eigenvalue weighted by atomic mass is 32.1. The summed E-state index contributed by atoms with van der Waals surface area (Å²) in [5.41, 5.74) is 2.49. The van der Waals surface area contributed by atoms with Gasteiger partial charge in [0.2, 0.25) is 5.91 Å². The van der Waals surface area contributed by atoms with Crippen LogP contribution >= 0.6 is 11.3 Å². The van der Waals surface area contributed by atoms with Crippen molar-refractivity contribution in [2.24, 2.45) is 0 Å². The minimum Gasteiger partial charge on any atom is -0.341 e. The van der Waals surface area contributed by atoms with E-state index in [1.54, 1.807) is 11.3 Å². The second-order valence-electron chi connectivity index (χ2n) is 5.80. The van der Waals surface area contributed by atoms with Crippen LogP contribution in [0.2, 0.25) is 0 Å². The molecular weight excluding hydrogens is 292 g/mol. The Bertz CT molecular complexity index is 582. The van der Waals surface area contributed by atoms with Gasteiger partial charge >= 0.3 is 0 Å². The summed E-state index contributed by atoms with van der Waals surface area (Å²) in [5.74, 6) is 0.264. The van der Waals surface area contributed by atoms with Gasteiger partial charge < -0.3 is 4.90 Å². The van der Waals surface area contributed by atoms with Crippen molar-refractivity contribution in [1.29, 1.82) is 0 Å². The molecule has 0 spiro atoms. The largest absolute Gasteiger partial charge is 0.341 e. The number of benzene rings is 1. The molecule has 4 heteroatoms. The van der Waals surface area contributed by atoms with Gasteiger partial charge in [-0.05, 0) is 34.4 Å². The first-order chi connectivity index (χ1) is 10.8. The van der Waals surface area contributed by atoms with Crippen LogP contribution in [0.5, 0.6) is 0 Å². The van der Waals surface area contributed by atoms with Crippen LogP contribution in [0.15, 0.2) is 47.2 Å². The van der Waals surface area contributed by atoms with Gasteiger partial charge in [0.15, 0.2) is 0 Å². The lowest BCUT2D eigenvalue weighted by atomic mass is 10.2. The SMILES string of the molecule is O=C(Cc1ccsc1)N1CCCN(Cc2ccccc2)CC1. The molecule has 3 nitrogen and oxygen atoms in total. The summed E-state index contributed by atoms with van der Waals surface area (Å²) in [6.07, 6.45) is 1.60. The number of amides is 1. The quantitative estimate of drug-likeness (QED) is 0.866. The summed E-state index contributed by atoms with van der Waals surface area (Å²) in [5, 5.41) is 4.10. The number of carbonyl (C=O) groups excluding carboxylic acids is 1. The summed E-state index contributed by atoms with van der Waals surface area (Å²) in [6.45, 7) is 4.73. The van der Waals surface area contributed by atoms with Gasteiger partial charge in [-0.2, -0.15) is 11.3 Å². The molecule has 0 N–H and O–H groups in total. The highest BCUT2D eigenvalue weighted by Crippen LogP contribution is 2.12. The van der Waals surface area contributed by atoms with E-state index in [4.69, 9.17) is 0 Å². The zero-order valence-corrected chi connectivity index (χ0v) is 13.6. The maximum atomic E-state index is 12.4. The molecule has 1 aliphatic heterocycles. The molecule has 1 saturated heterocycles. The molecule has 1 aromatic heterocycles. The second-order valence-corrected chi connectivity index (χ2v) is 6.58. The average Bonchev–Trinajstić information content (AvgIpc) is 2.93. The number of carbonyl (C=O) groups is 1. The van der Waals surface area contributed by atoms with Gasteiger partial charge in [0.25, 0.3) is 0 Å². The molecule has 3 rings (SSSR count). The van der Waals surface area contributed by atoms with Crippen LogP contribution in [0.25, 0.3) is 0 Å². The molecule has 1 fully saturated rings. The van der Waals surface area contributed by atoms with Crippen molar-refractivity contribution in [3.8, 4) is 0 Å². The smallest absolute Gasteiger partial charge is 0.227 e. The van der Waals surface area contributed by atoms with Crippen LogP contribution in [-0.4, -0.2) is 41.9 Å². The zero-order chi connectivity index (χ0) is 15.2. The highest BCUT2D eigenvalue weighted by molar-refractivity contribution is 7.07. The number of nitrogens with zero attached hydrogens (tertiary/aromatic N) is 2. The van der Waals surface area contributed by atoms with E-state index in [1.165, 1.54) is 5.56 Å². The van der Waals surface area contributed by atoms with Crippen molar-refractivity contribution < 1.29 is 4.79 Å². The molecule has 0 aliphatic carbocycles. The highest BCUT2D eigenvalue weighted by Gasteiger charge is 2.19. The van der Waals surface area contributed by atoms with Crippen molar-refractivity contribution in [3.05, 3.63) is 58.3 Å². The summed E-state index contributed by atoms with van der Waals surface area (Å²) in [7, 11) is 0. The second kappa shape index (κ2) is 7.56. The number of hydrogen-bond donors (Lipinski definition) is 0. The van der Waals surface area contributed by atoms with Crippen molar-refractivity contribution >= 4 is 17.2 Å². The molecule has 22 heavy (non-hydrogen) atoms. The third-order valence-electron chi connectivity index (χ3n) is 4.13. The van der Waals surface area contributed by atoms with Crippen LogP contribution in [-0.2, 0) is 17.8 Å². The van der Waals surface area contributed by atoms with Crippen molar-refractivity contribution in [3.63, 3.8) is 0 Å². The molecule has 0 bridgehead atoms. The van der Waals surface area contributed by atoms with Gasteiger partial charge in [-0.1, -0.05) is 30.3 Å². The van der Waals surface area contributed by atoms with Crippen molar-refractivity contribution in [2.45, 2.75) is 19.4 Å². The minimum absolute atomic E-state index is 0.264. The van der Waals surface area contributed by atoms with Crippen molar-refractivity contribution in [1.82, 2.24) is 9.80 Å². The van der Waals surface area contributed by atoms with E-state index in [9.17, 15) is 4.79 Å². The topological polar surface area (TPSA) is 23.6 Å². The van der Waals surface area contributed by atoms with E-state index in [0.717, 1.165) is 44.7 Å². The molecule has 0 atom stereocenters. The Balaban J connectivity index is 1.52. The van der Waals surface area contributed by atoms with Gasteiger partial charge in [-0.25, -0.2) is 0 Å². The lowest BCUT2D eigenvalue weighted by molar-refractivity contribution is -0.130. The molecule has 1 amide bonds. The fourth-order valence-corrected chi connectivity index (χ4v) is 3.57. The van der Waals surface area contributed by atoms with Crippen LogP contribution in [0, 0.1) is 0 Å². The normalized spacial score (nSPS) is 16.5.